The van der Waals surface area contributed by atoms with Gasteiger partial charge in [-0.25, -0.2) is 4.79 Å². The third-order valence-electron chi connectivity index (χ3n) is 4.71. The molecule has 0 aliphatic carbocycles. The summed E-state index contributed by atoms with van der Waals surface area (Å²) in [4.78, 5) is 36.8. The van der Waals surface area contributed by atoms with Crippen molar-refractivity contribution in [1.82, 2.24) is 16.0 Å². The van der Waals surface area contributed by atoms with E-state index in [1.54, 1.807) is 13.8 Å². The first-order valence-electron chi connectivity index (χ1n) is 10.6. The van der Waals surface area contributed by atoms with Gasteiger partial charge in [0.15, 0.2) is 0 Å². The Morgan fingerprint density at radius 3 is 2.32 bits per heavy atom. The van der Waals surface area contributed by atoms with Gasteiger partial charge in [-0.05, 0) is 17.9 Å². The average molecular weight is 435 g/mol. The molecule has 1 rings (SSSR count). The minimum Gasteiger partial charge on any atom is -0.445 e. The normalized spacial score (nSPS) is 12.6. The Morgan fingerprint density at radius 1 is 1.06 bits per heavy atom. The van der Waals surface area contributed by atoms with E-state index in [1.807, 2.05) is 37.3 Å². The van der Waals surface area contributed by atoms with Gasteiger partial charge < -0.3 is 30.7 Å². The number of alkyl carbamates (subject to hydrolysis) is 1. The molecule has 0 heterocycles. The third kappa shape index (κ3) is 10.8. The van der Waals surface area contributed by atoms with Crippen LogP contribution in [-0.4, -0.2) is 53.6 Å². The predicted molar refractivity (Wildman–Crippen MR) is 118 cm³/mol. The molecule has 5 N–H and O–H groups in total. The lowest BCUT2D eigenvalue weighted by atomic mass is 9.73. The summed E-state index contributed by atoms with van der Waals surface area (Å²) in [6.07, 6.45) is 2.27. The molecule has 0 saturated carbocycles. The highest BCUT2D eigenvalue weighted by atomic mass is 16.5. The van der Waals surface area contributed by atoms with E-state index in [0.717, 1.165) is 24.8 Å². The third-order valence-corrected chi connectivity index (χ3v) is 4.71. The van der Waals surface area contributed by atoms with Gasteiger partial charge in [-0.1, -0.05) is 70.4 Å². The lowest BCUT2D eigenvalue weighted by Gasteiger charge is -2.22. The second-order valence-corrected chi connectivity index (χ2v) is 7.72. The molecular formula is C21H34BN3O6. The van der Waals surface area contributed by atoms with Gasteiger partial charge in [-0.2, -0.15) is 0 Å². The van der Waals surface area contributed by atoms with Crippen LogP contribution in [0.5, 0.6) is 0 Å². The van der Waals surface area contributed by atoms with Crippen molar-refractivity contribution in [2.45, 2.75) is 65.0 Å². The summed E-state index contributed by atoms with van der Waals surface area (Å²) in [6, 6.07) is 8.34. The number of nitrogens with one attached hydrogen (secondary N) is 3. The molecule has 0 aliphatic rings. The van der Waals surface area contributed by atoms with Crippen molar-refractivity contribution in [3.05, 3.63) is 35.9 Å². The highest BCUT2D eigenvalue weighted by Crippen LogP contribution is 2.06. The summed E-state index contributed by atoms with van der Waals surface area (Å²) in [7, 11) is -1.71. The maximum absolute atomic E-state index is 12.5. The Bertz CT molecular complexity index is 679. The van der Waals surface area contributed by atoms with Crippen LogP contribution in [0.4, 0.5) is 4.79 Å². The molecule has 0 bridgehead atoms. The number of hydrogen-bond donors (Lipinski definition) is 5. The van der Waals surface area contributed by atoms with Gasteiger partial charge in [0.25, 0.3) is 0 Å². The zero-order valence-corrected chi connectivity index (χ0v) is 18.5. The van der Waals surface area contributed by atoms with Crippen molar-refractivity contribution in [3.63, 3.8) is 0 Å². The van der Waals surface area contributed by atoms with E-state index in [0.29, 0.717) is 6.42 Å². The van der Waals surface area contributed by atoms with Gasteiger partial charge in [0, 0.05) is 0 Å². The van der Waals surface area contributed by atoms with Crippen LogP contribution in [0.15, 0.2) is 30.3 Å². The molecular weight excluding hydrogens is 401 g/mol. The maximum atomic E-state index is 12.5. The molecule has 3 amide bonds. The van der Waals surface area contributed by atoms with Crippen LogP contribution in [0.3, 0.4) is 0 Å². The zero-order valence-electron chi connectivity index (χ0n) is 18.5. The summed E-state index contributed by atoms with van der Waals surface area (Å²) in [6.45, 7) is 5.23. The first-order valence-corrected chi connectivity index (χ1v) is 10.6. The van der Waals surface area contributed by atoms with E-state index in [9.17, 15) is 24.4 Å². The van der Waals surface area contributed by atoms with E-state index in [2.05, 4.69) is 16.0 Å². The highest BCUT2D eigenvalue weighted by molar-refractivity contribution is 6.43. The number of amides is 3. The quantitative estimate of drug-likeness (QED) is 0.233. The molecule has 0 aromatic heterocycles. The smallest absolute Gasteiger partial charge is 0.445 e. The molecule has 31 heavy (non-hydrogen) atoms. The van der Waals surface area contributed by atoms with Crippen molar-refractivity contribution >= 4 is 25.0 Å². The van der Waals surface area contributed by atoms with Crippen molar-refractivity contribution in [1.29, 1.82) is 0 Å². The van der Waals surface area contributed by atoms with Gasteiger partial charge >= 0.3 is 13.2 Å². The van der Waals surface area contributed by atoms with Crippen molar-refractivity contribution in [2.24, 2.45) is 5.92 Å². The lowest BCUT2D eigenvalue weighted by molar-refractivity contribution is -0.127. The maximum Gasteiger partial charge on any atom is 0.475 e. The van der Waals surface area contributed by atoms with Crippen LogP contribution >= 0.6 is 0 Å². The Kier molecular flexibility index (Phi) is 12.3. The summed E-state index contributed by atoms with van der Waals surface area (Å²) in [5, 5.41) is 26.2. The number of hydrogen-bond acceptors (Lipinski definition) is 6. The van der Waals surface area contributed by atoms with Gasteiger partial charge in [-0.15, -0.1) is 0 Å². The summed E-state index contributed by atoms with van der Waals surface area (Å²) in [5.74, 6) is -2.12. The van der Waals surface area contributed by atoms with Crippen LogP contribution in [-0.2, 0) is 20.9 Å². The van der Waals surface area contributed by atoms with E-state index >= 15 is 0 Å². The first kappa shape index (κ1) is 26.5. The van der Waals surface area contributed by atoms with E-state index in [-0.39, 0.29) is 19.1 Å². The molecule has 1 aromatic rings. The summed E-state index contributed by atoms with van der Waals surface area (Å²) in [5.41, 5.74) is 0.826. The lowest BCUT2D eigenvalue weighted by Crippen LogP contribution is -2.53. The average Bonchev–Trinajstić information content (AvgIpc) is 2.74. The number of rotatable bonds is 13. The van der Waals surface area contributed by atoms with E-state index in [4.69, 9.17) is 4.74 Å². The minimum absolute atomic E-state index is 0.0818. The van der Waals surface area contributed by atoms with Crippen LogP contribution in [0.25, 0.3) is 0 Å². The SMILES string of the molecule is CCCCCC(NC(=O)OCc1ccccc1)C(=O)NCC(=O)NC(B(O)O)C(C)C. The topological polar surface area (TPSA) is 137 Å². The molecule has 2 atom stereocenters. The molecule has 0 saturated heterocycles. The van der Waals surface area contributed by atoms with Gasteiger partial charge in [0.2, 0.25) is 11.8 Å². The molecule has 9 nitrogen and oxygen atoms in total. The molecule has 0 spiro atoms. The summed E-state index contributed by atoms with van der Waals surface area (Å²) >= 11 is 0. The molecule has 1 aromatic carbocycles. The van der Waals surface area contributed by atoms with Gasteiger partial charge in [0.1, 0.15) is 12.6 Å². The fraction of sp³-hybridized carbons (Fsp3) is 0.571. The van der Waals surface area contributed by atoms with Crippen LogP contribution in [0.1, 0.15) is 52.0 Å². The second kappa shape index (κ2) is 14.4. The van der Waals surface area contributed by atoms with Crippen molar-refractivity contribution < 1.29 is 29.2 Å². The number of carbonyl (C=O) groups excluding carboxylic acids is 3. The zero-order chi connectivity index (χ0) is 23.2. The Labute approximate surface area is 184 Å². The first-order chi connectivity index (χ1) is 14.7. The second-order valence-electron chi connectivity index (χ2n) is 7.72. The number of unbranched alkanes of at least 4 members (excludes halogenated alkanes) is 2. The number of benzene rings is 1. The monoisotopic (exact) mass is 435 g/mol. The van der Waals surface area contributed by atoms with Crippen LogP contribution in [0.2, 0.25) is 0 Å². The molecule has 10 heteroatoms. The van der Waals surface area contributed by atoms with E-state index < -0.39 is 37.0 Å². The van der Waals surface area contributed by atoms with Crippen molar-refractivity contribution in [3.8, 4) is 0 Å². The van der Waals surface area contributed by atoms with Gasteiger partial charge in [-0.3, -0.25) is 9.59 Å². The van der Waals surface area contributed by atoms with Crippen LogP contribution in [0, 0.1) is 5.92 Å². The van der Waals surface area contributed by atoms with E-state index in [1.165, 1.54) is 0 Å². The Balaban J connectivity index is 2.57. The number of ether oxygens (including phenoxy) is 1. The highest BCUT2D eigenvalue weighted by Gasteiger charge is 2.28. The largest absolute Gasteiger partial charge is 0.475 e. The Morgan fingerprint density at radius 2 is 1.74 bits per heavy atom. The molecule has 0 fully saturated rings. The molecule has 172 valence electrons. The Hall–Kier alpha value is -2.59. The standard InChI is InChI=1S/C21H34BN3O6/c1-4-5-7-12-17(24-21(28)31-14-16-10-8-6-9-11-16)20(27)23-13-18(26)25-19(15(2)3)22(29)30/h6,8-11,15,17,19,29-30H,4-5,7,12-14H2,1-3H3,(H,23,27)(H,24,28)(H,25,26). The van der Waals surface area contributed by atoms with Crippen molar-refractivity contribution in [2.75, 3.05) is 6.54 Å². The predicted octanol–water partition coefficient (Wildman–Crippen LogP) is 1.13. The minimum atomic E-state index is -1.71. The fourth-order valence-corrected chi connectivity index (χ4v) is 2.89. The van der Waals surface area contributed by atoms with Crippen LogP contribution < -0.4 is 16.0 Å². The fourth-order valence-electron chi connectivity index (χ4n) is 2.89. The number of carbonyl (C=O) groups is 3. The molecule has 0 aliphatic heterocycles. The van der Waals surface area contributed by atoms with Gasteiger partial charge in [0.05, 0.1) is 12.5 Å². The molecule has 2 unspecified atom stereocenters. The molecule has 0 radical (unpaired) electrons. The summed E-state index contributed by atoms with van der Waals surface area (Å²) < 4.78 is 5.18.